The van der Waals surface area contributed by atoms with Gasteiger partial charge in [0.25, 0.3) is 0 Å². The summed E-state index contributed by atoms with van der Waals surface area (Å²) in [7, 11) is 2.18. The van der Waals surface area contributed by atoms with E-state index in [2.05, 4.69) is 50.1 Å². The first-order valence-corrected chi connectivity index (χ1v) is 6.65. The van der Waals surface area contributed by atoms with Crippen molar-refractivity contribution in [2.45, 2.75) is 52.1 Å². The summed E-state index contributed by atoms with van der Waals surface area (Å²) in [5, 5.41) is 0. The van der Waals surface area contributed by atoms with E-state index in [1.165, 1.54) is 24.1 Å². The molecular formula is C15H26N2. The van der Waals surface area contributed by atoms with Crippen LogP contribution in [0.3, 0.4) is 0 Å². The maximum Gasteiger partial charge on any atom is 0.0366 e. The molecule has 1 rings (SSSR count). The molecule has 96 valence electrons. The Morgan fingerprint density at radius 3 is 2.06 bits per heavy atom. The minimum atomic E-state index is 0.234. The number of hydrogen-bond donors (Lipinski definition) is 1. The van der Waals surface area contributed by atoms with Crippen molar-refractivity contribution in [3.63, 3.8) is 0 Å². The molecule has 2 nitrogen and oxygen atoms in total. The molecule has 0 aliphatic heterocycles. The number of nitrogens with two attached hydrogens (primary N) is 1. The highest BCUT2D eigenvalue weighted by Crippen LogP contribution is 2.19. The second-order valence-corrected chi connectivity index (χ2v) is 4.93. The van der Waals surface area contributed by atoms with Crippen molar-refractivity contribution < 1.29 is 0 Å². The molecular weight excluding hydrogens is 208 g/mol. The van der Waals surface area contributed by atoms with E-state index in [9.17, 15) is 0 Å². The van der Waals surface area contributed by atoms with E-state index in [0.29, 0.717) is 6.04 Å². The fourth-order valence-corrected chi connectivity index (χ4v) is 2.29. The van der Waals surface area contributed by atoms with Gasteiger partial charge >= 0.3 is 0 Å². The lowest BCUT2D eigenvalue weighted by molar-refractivity contribution is 0.591. The van der Waals surface area contributed by atoms with E-state index >= 15 is 0 Å². The summed E-state index contributed by atoms with van der Waals surface area (Å²) >= 11 is 0. The molecule has 2 N–H and O–H groups in total. The second kappa shape index (κ2) is 6.65. The van der Waals surface area contributed by atoms with Gasteiger partial charge in [-0.15, -0.1) is 0 Å². The van der Waals surface area contributed by atoms with Crippen LogP contribution in [0.4, 0.5) is 5.69 Å². The largest absolute Gasteiger partial charge is 0.372 e. The molecule has 1 aromatic rings. The van der Waals surface area contributed by atoms with Crippen molar-refractivity contribution in [2.24, 2.45) is 5.73 Å². The number of anilines is 1. The average Bonchev–Trinajstić information content (AvgIpc) is 2.30. The summed E-state index contributed by atoms with van der Waals surface area (Å²) in [6.45, 7) is 6.54. The maximum absolute atomic E-state index is 5.80. The van der Waals surface area contributed by atoms with Gasteiger partial charge in [-0.2, -0.15) is 0 Å². The van der Waals surface area contributed by atoms with Crippen molar-refractivity contribution >= 4 is 5.69 Å². The Balaban J connectivity index is 2.72. The Labute approximate surface area is 106 Å². The van der Waals surface area contributed by atoms with E-state index in [1.54, 1.807) is 0 Å². The third-order valence-electron chi connectivity index (χ3n) is 3.39. The minimum absolute atomic E-state index is 0.234. The normalized spacial score (nSPS) is 12.8. The van der Waals surface area contributed by atoms with Gasteiger partial charge in [0.15, 0.2) is 0 Å². The lowest BCUT2D eigenvalue weighted by Crippen LogP contribution is -2.30. The zero-order valence-electron chi connectivity index (χ0n) is 11.6. The molecule has 0 spiro atoms. The molecule has 0 aliphatic carbocycles. The first kappa shape index (κ1) is 14.0. The van der Waals surface area contributed by atoms with E-state index in [0.717, 1.165) is 6.42 Å². The number of nitrogens with zero attached hydrogens (tertiary/aromatic N) is 1. The highest BCUT2D eigenvalue weighted by molar-refractivity contribution is 5.47. The van der Waals surface area contributed by atoms with Crippen LogP contribution < -0.4 is 10.6 Å². The summed E-state index contributed by atoms with van der Waals surface area (Å²) in [5.41, 5.74) is 8.42. The molecule has 1 unspecified atom stereocenters. The fourth-order valence-electron chi connectivity index (χ4n) is 2.29. The molecule has 0 fully saturated rings. The van der Waals surface area contributed by atoms with E-state index in [-0.39, 0.29) is 6.04 Å². The zero-order valence-corrected chi connectivity index (χ0v) is 11.6. The van der Waals surface area contributed by atoms with Crippen LogP contribution in [0.2, 0.25) is 0 Å². The van der Waals surface area contributed by atoms with Gasteiger partial charge in [0.05, 0.1) is 0 Å². The molecule has 0 heterocycles. The van der Waals surface area contributed by atoms with Crippen molar-refractivity contribution in [3.05, 3.63) is 29.8 Å². The predicted octanol–water partition coefficient (Wildman–Crippen LogP) is 3.20. The lowest BCUT2D eigenvalue weighted by Gasteiger charge is -2.28. The van der Waals surface area contributed by atoms with Crippen LogP contribution in [-0.4, -0.2) is 19.1 Å². The molecule has 0 aliphatic rings. The van der Waals surface area contributed by atoms with Gasteiger partial charge < -0.3 is 10.6 Å². The Morgan fingerprint density at radius 2 is 1.65 bits per heavy atom. The van der Waals surface area contributed by atoms with Gasteiger partial charge in [-0.05, 0) is 43.9 Å². The van der Waals surface area contributed by atoms with Gasteiger partial charge in [-0.25, -0.2) is 0 Å². The molecule has 0 radical (unpaired) electrons. The second-order valence-electron chi connectivity index (χ2n) is 4.93. The standard InChI is InChI=1S/C15H26N2/c1-5-14(6-2)17(4)15-9-7-13(8-10-15)11-12(3)16/h7-10,12,14H,5-6,11,16H2,1-4H3. The molecule has 0 saturated carbocycles. The summed E-state index contributed by atoms with van der Waals surface area (Å²) in [4.78, 5) is 2.37. The Hall–Kier alpha value is -1.02. The number of benzene rings is 1. The van der Waals surface area contributed by atoms with Crippen LogP contribution in [0.25, 0.3) is 0 Å². The first-order chi connectivity index (χ1) is 8.08. The number of hydrogen-bond acceptors (Lipinski definition) is 2. The minimum Gasteiger partial charge on any atom is -0.372 e. The SMILES string of the molecule is CCC(CC)N(C)c1ccc(CC(C)N)cc1. The molecule has 17 heavy (non-hydrogen) atoms. The smallest absolute Gasteiger partial charge is 0.0366 e. The molecule has 0 amide bonds. The third kappa shape index (κ3) is 4.04. The van der Waals surface area contributed by atoms with E-state index < -0.39 is 0 Å². The van der Waals surface area contributed by atoms with Crippen LogP contribution in [-0.2, 0) is 6.42 Å². The molecule has 2 heteroatoms. The lowest BCUT2D eigenvalue weighted by atomic mass is 10.1. The van der Waals surface area contributed by atoms with Crippen molar-refractivity contribution in [3.8, 4) is 0 Å². The van der Waals surface area contributed by atoms with Crippen LogP contribution in [0, 0.1) is 0 Å². The van der Waals surface area contributed by atoms with E-state index in [4.69, 9.17) is 5.73 Å². The third-order valence-corrected chi connectivity index (χ3v) is 3.39. The van der Waals surface area contributed by atoms with Crippen molar-refractivity contribution in [1.82, 2.24) is 0 Å². The topological polar surface area (TPSA) is 29.3 Å². The summed E-state index contributed by atoms with van der Waals surface area (Å²) < 4.78 is 0. The van der Waals surface area contributed by atoms with Gasteiger partial charge in [-0.1, -0.05) is 26.0 Å². The van der Waals surface area contributed by atoms with Gasteiger partial charge in [0.2, 0.25) is 0 Å². The first-order valence-electron chi connectivity index (χ1n) is 6.65. The highest BCUT2D eigenvalue weighted by atomic mass is 15.1. The average molecular weight is 234 g/mol. The van der Waals surface area contributed by atoms with Crippen LogP contribution in [0.15, 0.2) is 24.3 Å². The quantitative estimate of drug-likeness (QED) is 0.819. The highest BCUT2D eigenvalue weighted by Gasteiger charge is 2.10. The van der Waals surface area contributed by atoms with Gasteiger partial charge in [0, 0.05) is 24.8 Å². The fraction of sp³-hybridized carbons (Fsp3) is 0.600. The van der Waals surface area contributed by atoms with Crippen LogP contribution in [0.1, 0.15) is 39.2 Å². The molecule has 0 bridgehead atoms. The molecule has 1 aromatic carbocycles. The van der Waals surface area contributed by atoms with Gasteiger partial charge in [-0.3, -0.25) is 0 Å². The number of rotatable bonds is 6. The van der Waals surface area contributed by atoms with Gasteiger partial charge in [0.1, 0.15) is 0 Å². The van der Waals surface area contributed by atoms with Crippen LogP contribution in [0.5, 0.6) is 0 Å². The monoisotopic (exact) mass is 234 g/mol. The van der Waals surface area contributed by atoms with E-state index in [1.807, 2.05) is 6.92 Å². The van der Waals surface area contributed by atoms with Crippen molar-refractivity contribution in [2.75, 3.05) is 11.9 Å². The molecule has 1 atom stereocenters. The Kier molecular flexibility index (Phi) is 5.49. The Morgan fingerprint density at radius 1 is 1.12 bits per heavy atom. The molecule has 0 aromatic heterocycles. The zero-order chi connectivity index (χ0) is 12.8. The summed E-state index contributed by atoms with van der Waals surface area (Å²) in [5.74, 6) is 0. The molecule has 0 saturated heterocycles. The maximum atomic E-state index is 5.80. The summed E-state index contributed by atoms with van der Waals surface area (Å²) in [6.07, 6.45) is 3.33. The van der Waals surface area contributed by atoms with Crippen LogP contribution >= 0.6 is 0 Å². The van der Waals surface area contributed by atoms with Crippen molar-refractivity contribution in [1.29, 1.82) is 0 Å². The summed E-state index contributed by atoms with van der Waals surface area (Å²) in [6, 6.07) is 9.66. The predicted molar refractivity (Wildman–Crippen MR) is 76.6 cm³/mol. The Bertz CT molecular complexity index is 312.